The summed E-state index contributed by atoms with van der Waals surface area (Å²) in [6, 6.07) is 5.19. The molecule has 0 radical (unpaired) electrons. The first kappa shape index (κ1) is 8.55. The molecule has 0 fully saturated rings. The first-order valence-corrected chi connectivity index (χ1v) is 4.09. The van der Waals surface area contributed by atoms with Crippen molar-refractivity contribution in [3.05, 3.63) is 29.7 Å². The Labute approximate surface area is 79.9 Å². The van der Waals surface area contributed by atoms with Crippen molar-refractivity contribution in [2.24, 2.45) is 5.73 Å². The molecule has 0 aromatic carbocycles. The monoisotopic (exact) mass is 191 g/mol. The van der Waals surface area contributed by atoms with Crippen molar-refractivity contribution >= 4 is 5.91 Å². The quantitative estimate of drug-likeness (QED) is 0.744. The van der Waals surface area contributed by atoms with Crippen molar-refractivity contribution in [1.82, 2.24) is 10.2 Å². The normalized spacial score (nSPS) is 10.4. The number of carbonyl (C=O) groups excluding carboxylic acids is 1. The van der Waals surface area contributed by atoms with Crippen LogP contribution in [0.4, 0.5) is 0 Å². The van der Waals surface area contributed by atoms with Crippen LogP contribution in [-0.4, -0.2) is 16.1 Å². The molecule has 0 spiro atoms. The van der Waals surface area contributed by atoms with E-state index in [0.717, 1.165) is 5.76 Å². The van der Waals surface area contributed by atoms with Gasteiger partial charge in [-0.05, 0) is 19.1 Å². The van der Waals surface area contributed by atoms with E-state index in [0.29, 0.717) is 11.5 Å². The van der Waals surface area contributed by atoms with Crippen molar-refractivity contribution in [2.75, 3.05) is 0 Å². The third kappa shape index (κ3) is 1.39. The van der Waals surface area contributed by atoms with Gasteiger partial charge in [-0.2, -0.15) is 5.10 Å². The second kappa shape index (κ2) is 3.02. The number of carbonyl (C=O) groups is 1. The number of aryl methyl sites for hydroxylation is 1. The largest absolute Gasteiger partial charge is 0.460 e. The van der Waals surface area contributed by atoms with E-state index in [2.05, 4.69) is 10.2 Å². The average molecular weight is 191 g/mol. The van der Waals surface area contributed by atoms with Crippen LogP contribution in [0.3, 0.4) is 0 Å². The Morgan fingerprint density at radius 3 is 2.86 bits per heavy atom. The van der Waals surface area contributed by atoms with E-state index in [-0.39, 0.29) is 5.69 Å². The fourth-order valence-corrected chi connectivity index (χ4v) is 1.15. The molecule has 0 saturated heterocycles. The van der Waals surface area contributed by atoms with Crippen molar-refractivity contribution in [3.63, 3.8) is 0 Å². The van der Waals surface area contributed by atoms with E-state index in [1.807, 2.05) is 13.0 Å². The zero-order valence-corrected chi connectivity index (χ0v) is 7.57. The van der Waals surface area contributed by atoms with E-state index in [4.69, 9.17) is 10.2 Å². The highest BCUT2D eigenvalue weighted by Gasteiger charge is 2.09. The van der Waals surface area contributed by atoms with Crippen molar-refractivity contribution in [3.8, 4) is 11.5 Å². The molecule has 0 atom stereocenters. The van der Waals surface area contributed by atoms with Crippen LogP contribution in [-0.2, 0) is 0 Å². The molecule has 0 saturated carbocycles. The minimum Gasteiger partial charge on any atom is -0.460 e. The summed E-state index contributed by atoms with van der Waals surface area (Å²) in [4.78, 5) is 10.8. The number of hydrogen-bond donors (Lipinski definition) is 2. The zero-order valence-electron chi connectivity index (χ0n) is 7.57. The van der Waals surface area contributed by atoms with Crippen LogP contribution in [0.1, 0.15) is 16.2 Å². The first-order chi connectivity index (χ1) is 6.66. The third-order valence-electron chi connectivity index (χ3n) is 1.84. The lowest BCUT2D eigenvalue weighted by atomic mass is 10.3. The Morgan fingerprint density at radius 1 is 1.57 bits per heavy atom. The minimum atomic E-state index is -0.559. The molecule has 0 aliphatic rings. The van der Waals surface area contributed by atoms with Gasteiger partial charge in [0.2, 0.25) is 0 Å². The van der Waals surface area contributed by atoms with Gasteiger partial charge in [0.1, 0.15) is 17.1 Å². The Bertz CT molecular complexity index is 470. The number of nitrogens with zero attached hydrogens (tertiary/aromatic N) is 1. The average Bonchev–Trinajstić information content (AvgIpc) is 2.70. The smallest absolute Gasteiger partial charge is 0.269 e. The molecule has 2 aromatic heterocycles. The van der Waals surface area contributed by atoms with Crippen molar-refractivity contribution in [2.45, 2.75) is 6.92 Å². The number of hydrogen-bond acceptors (Lipinski definition) is 3. The Kier molecular flexibility index (Phi) is 1.85. The molecule has 0 aliphatic heterocycles. The van der Waals surface area contributed by atoms with Crippen LogP contribution in [0.25, 0.3) is 11.5 Å². The van der Waals surface area contributed by atoms with Crippen molar-refractivity contribution < 1.29 is 9.21 Å². The summed E-state index contributed by atoms with van der Waals surface area (Å²) in [6.45, 7) is 1.84. The number of nitrogens with one attached hydrogen (secondary N) is 1. The molecule has 3 N–H and O–H groups in total. The summed E-state index contributed by atoms with van der Waals surface area (Å²) >= 11 is 0. The number of aromatic amines is 1. The van der Waals surface area contributed by atoms with Gasteiger partial charge in [-0.1, -0.05) is 0 Å². The van der Waals surface area contributed by atoms with Crippen LogP contribution >= 0.6 is 0 Å². The van der Waals surface area contributed by atoms with E-state index < -0.39 is 5.91 Å². The highest BCUT2D eigenvalue weighted by Crippen LogP contribution is 2.19. The lowest BCUT2D eigenvalue weighted by Crippen LogP contribution is -2.10. The number of furan rings is 1. The summed E-state index contributed by atoms with van der Waals surface area (Å²) in [7, 11) is 0. The Morgan fingerprint density at radius 2 is 2.36 bits per heavy atom. The lowest BCUT2D eigenvalue weighted by Gasteiger charge is -1.87. The molecule has 72 valence electrons. The number of primary amides is 1. The van der Waals surface area contributed by atoms with E-state index >= 15 is 0 Å². The lowest BCUT2D eigenvalue weighted by molar-refractivity contribution is 0.0995. The topological polar surface area (TPSA) is 84.9 Å². The summed E-state index contributed by atoms with van der Waals surface area (Å²) < 4.78 is 5.34. The summed E-state index contributed by atoms with van der Waals surface area (Å²) in [5, 5.41) is 6.41. The fourth-order valence-electron chi connectivity index (χ4n) is 1.15. The number of nitrogens with two attached hydrogens (primary N) is 1. The first-order valence-electron chi connectivity index (χ1n) is 4.09. The molecule has 1 amide bonds. The van der Waals surface area contributed by atoms with Gasteiger partial charge in [0.15, 0.2) is 5.76 Å². The third-order valence-corrected chi connectivity index (χ3v) is 1.84. The standard InChI is InChI=1S/C9H9N3O2/c1-5-2-3-8(14-5)6-4-7(9(10)13)12-11-6/h2-4H,1H3,(H2,10,13)(H,11,12). The number of rotatable bonds is 2. The summed E-state index contributed by atoms with van der Waals surface area (Å²) in [5.41, 5.74) is 5.91. The van der Waals surface area contributed by atoms with Crippen molar-refractivity contribution in [1.29, 1.82) is 0 Å². The molecule has 2 heterocycles. The van der Waals surface area contributed by atoms with Gasteiger partial charge in [-0.25, -0.2) is 0 Å². The highest BCUT2D eigenvalue weighted by molar-refractivity contribution is 5.91. The number of H-pyrrole nitrogens is 1. The van der Waals surface area contributed by atoms with Gasteiger partial charge in [0.05, 0.1) is 0 Å². The van der Waals surface area contributed by atoms with Crippen LogP contribution in [0.2, 0.25) is 0 Å². The second-order valence-corrected chi connectivity index (χ2v) is 2.94. The Balaban J connectivity index is 2.38. The summed E-state index contributed by atoms with van der Waals surface area (Å²) in [6.07, 6.45) is 0. The molecule has 2 rings (SSSR count). The molecule has 0 aliphatic carbocycles. The van der Waals surface area contributed by atoms with Gasteiger partial charge >= 0.3 is 0 Å². The highest BCUT2D eigenvalue weighted by atomic mass is 16.3. The van der Waals surface area contributed by atoms with E-state index in [1.54, 1.807) is 12.1 Å². The molecule has 5 nitrogen and oxygen atoms in total. The molecule has 2 aromatic rings. The maximum absolute atomic E-state index is 10.8. The molecule has 14 heavy (non-hydrogen) atoms. The number of amides is 1. The fraction of sp³-hybridized carbons (Fsp3) is 0.111. The van der Waals surface area contributed by atoms with Crippen LogP contribution < -0.4 is 5.73 Å². The minimum absolute atomic E-state index is 0.203. The predicted octanol–water partition coefficient (Wildman–Crippen LogP) is 1.08. The maximum atomic E-state index is 10.8. The van der Waals surface area contributed by atoms with Gasteiger partial charge in [-0.3, -0.25) is 9.89 Å². The maximum Gasteiger partial charge on any atom is 0.269 e. The van der Waals surface area contributed by atoms with Crippen LogP contribution in [0, 0.1) is 6.92 Å². The SMILES string of the molecule is Cc1ccc(-c2cc(C(N)=O)n[nH]2)o1. The Hall–Kier alpha value is -2.04. The van der Waals surface area contributed by atoms with Crippen LogP contribution in [0.5, 0.6) is 0 Å². The van der Waals surface area contributed by atoms with Gasteiger partial charge in [0, 0.05) is 6.07 Å². The molecule has 0 bridgehead atoms. The number of aromatic nitrogens is 2. The molecular weight excluding hydrogens is 182 g/mol. The van der Waals surface area contributed by atoms with Gasteiger partial charge in [0.25, 0.3) is 5.91 Å². The molecular formula is C9H9N3O2. The van der Waals surface area contributed by atoms with Gasteiger partial charge in [-0.15, -0.1) is 0 Å². The zero-order chi connectivity index (χ0) is 10.1. The molecule has 0 unspecified atom stereocenters. The van der Waals surface area contributed by atoms with E-state index in [1.165, 1.54) is 0 Å². The summed E-state index contributed by atoms with van der Waals surface area (Å²) in [5.74, 6) is 0.883. The van der Waals surface area contributed by atoms with Gasteiger partial charge < -0.3 is 10.2 Å². The molecule has 5 heteroatoms. The second-order valence-electron chi connectivity index (χ2n) is 2.94. The van der Waals surface area contributed by atoms with Crippen LogP contribution in [0.15, 0.2) is 22.6 Å². The van der Waals surface area contributed by atoms with E-state index in [9.17, 15) is 4.79 Å². The predicted molar refractivity (Wildman–Crippen MR) is 49.5 cm³/mol.